The van der Waals surface area contributed by atoms with E-state index in [0.717, 1.165) is 22.6 Å². The first-order valence-electron chi connectivity index (χ1n) is 7.77. The number of hydrogen-bond acceptors (Lipinski definition) is 5. The summed E-state index contributed by atoms with van der Waals surface area (Å²) in [7, 11) is 0. The van der Waals surface area contributed by atoms with E-state index in [0.29, 0.717) is 18.2 Å². The standard InChI is InChI=1S/C18H19N3O3/c1-11-4-5-14(10-12(11)2)19-16(22)6-7-17-20-21-18(24-17)15-8-9-23-13(15)3/h4-5,8-10H,6-7H2,1-3H3,(H,19,22). The third-order valence-corrected chi connectivity index (χ3v) is 3.91. The van der Waals surface area contributed by atoms with E-state index in [1.807, 2.05) is 39.0 Å². The Balaban J connectivity index is 1.57. The molecular formula is C18H19N3O3. The average molecular weight is 325 g/mol. The zero-order chi connectivity index (χ0) is 17.1. The lowest BCUT2D eigenvalue weighted by Crippen LogP contribution is -2.12. The second-order valence-electron chi connectivity index (χ2n) is 5.74. The lowest BCUT2D eigenvalue weighted by atomic mass is 10.1. The number of anilines is 1. The molecule has 1 aromatic carbocycles. The molecule has 3 aromatic rings. The van der Waals surface area contributed by atoms with Crippen molar-refractivity contribution in [2.45, 2.75) is 33.6 Å². The third-order valence-electron chi connectivity index (χ3n) is 3.91. The molecule has 3 rings (SSSR count). The summed E-state index contributed by atoms with van der Waals surface area (Å²) in [5, 5.41) is 10.9. The van der Waals surface area contributed by atoms with Crippen molar-refractivity contribution in [1.29, 1.82) is 0 Å². The van der Waals surface area contributed by atoms with E-state index in [1.54, 1.807) is 12.3 Å². The Kier molecular flexibility index (Phi) is 4.46. The van der Waals surface area contributed by atoms with Gasteiger partial charge in [0, 0.05) is 18.5 Å². The van der Waals surface area contributed by atoms with Gasteiger partial charge in [0.15, 0.2) is 0 Å². The van der Waals surface area contributed by atoms with Gasteiger partial charge in [0.2, 0.25) is 11.8 Å². The summed E-state index contributed by atoms with van der Waals surface area (Å²) >= 11 is 0. The maximum absolute atomic E-state index is 12.1. The average Bonchev–Trinajstić information content (AvgIpc) is 3.17. The second kappa shape index (κ2) is 6.70. The number of nitrogens with zero attached hydrogens (tertiary/aromatic N) is 2. The fourth-order valence-electron chi connectivity index (χ4n) is 2.33. The summed E-state index contributed by atoms with van der Waals surface area (Å²) in [5.74, 6) is 1.47. The quantitative estimate of drug-likeness (QED) is 0.771. The summed E-state index contributed by atoms with van der Waals surface area (Å²) in [6.45, 7) is 5.88. The molecule has 124 valence electrons. The maximum atomic E-state index is 12.1. The van der Waals surface area contributed by atoms with Crippen molar-refractivity contribution >= 4 is 11.6 Å². The molecule has 0 fully saturated rings. The van der Waals surface area contributed by atoms with E-state index in [9.17, 15) is 4.79 Å². The molecule has 2 heterocycles. The van der Waals surface area contributed by atoms with E-state index in [4.69, 9.17) is 8.83 Å². The van der Waals surface area contributed by atoms with Gasteiger partial charge in [-0.25, -0.2) is 0 Å². The van der Waals surface area contributed by atoms with Crippen LogP contribution in [0.2, 0.25) is 0 Å². The summed E-state index contributed by atoms with van der Waals surface area (Å²) in [5.41, 5.74) is 3.91. The van der Waals surface area contributed by atoms with Gasteiger partial charge in [0.1, 0.15) is 5.76 Å². The van der Waals surface area contributed by atoms with Gasteiger partial charge < -0.3 is 14.2 Å². The number of carbonyl (C=O) groups is 1. The normalized spacial score (nSPS) is 10.8. The highest BCUT2D eigenvalue weighted by Crippen LogP contribution is 2.23. The topological polar surface area (TPSA) is 81.2 Å². The monoisotopic (exact) mass is 325 g/mol. The van der Waals surface area contributed by atoms with E-state index in [1.165, 1.54) is 5.56 Å². The van der Waals surface area contributed by atoms with Crippen molar-refractivity contribution in [3.05, 3.63) is 53.3 Å². The van der Waals surface area contributed by atoms with Crippen LogP contribution in [0.3, 0.4) is 0 Å². The molecule has 0 aliphatic carbocycles. The van der Waals surface area contributed by atoms with Crippen LogP contribution in [0.15, 0.2) is 39.4 Å². The molecule has 2 aromatic heterocycles. The highest BCUT2D eigenvalue weighted by Gasteiger charge is 2.14. The summed E-state index contributed by atoms with van der Waals surface area (Å²) in [4.78, 5) is 12.1. The molecule has 0 spiro atoms. The first-order chi connectivity index (χ1) is 11.5. The number of benzene rings is 1. The molecule has 0 aliphatic rings. The minimum atomic E-state index is -0.0857. The lowest BCUT2D eigenvalue weighted by Gasteiger charge is -2.06. The predicted molar refractivity (Wildman–Crippen MR) is 89.6 cm³/mol. The molecule has 0 bridgehead atoms. The van der Waals surface area contributed by atoms with Crippen molar-refractivity contribution in [1.82, 2.24) is 10.2 Å². The molecular weight excluding hydrogens is 306 g/mol. The van der Waals surface area contributed by atoms with Crippen molar-refractivity contribution in [2.24, 2.45) is 0 Å². The molecule has 1 N–H and O–H groups in total. The molecule has 0 saturated carbocycles. The van der Waals surface area contributed by atoms with E-state index in [-0.39, 0.29) is 12.3 Å². The molecule has 24 heavy (non-hydrogen) atoms. The number of hydrogen-bond donors (Lipinski definition) is 1. The number of nitrogens with one attached hydrogen (secondary N) is 1. The number of rotatable bonds is 5. The number of amides is 1. The maximum Gasteiger partial charge on any atom is 0.251 e. The lowest BCUT2D eigenvalue weighted by molar-refractivity contribution is -0.116. The van der Waals surface area contributed by atoms with Gasteiger partial charge in [0.05, 0.1) is 11.8 Å². The van der Waals surface area contributed by atoms with Crippen LogP contribution < -0.4 is 5.32 Å². The smallest absolute Gasteiger partial charge is 0.251 e. The number of aromatic nitrogens is 2. The van der Waals surface area contributed by atoms with Crippen LogP contribution in [0, 0.1) is 20.8 Å². The molecule has 0 saturated heterocycles. The van der Waals surface area contributed by atoms with Gasteiger partial charge >= 0.3 is 0 Å². The zero-order valence-electron chi connectivity index (χ0n) is 13.9. The summed E-state index contributed by atoms with van der Waals surface area (Å²) < 4.78 is 10.8. The highest BCUT2D eigenvalue weighted by atomic mass is 16.4. The zero-order valence-corrected chi connectivity index (χ0v) is 13.9. The molecule has 6 heteroatoms. The largest absolute Gasteiger partial charge is 0.469 e. The predicted octanol–water partition coefficient (Wildman–Crippen LogP) is 3.83. The Morgan fingerprint density at radius 1 is 1.12 bits per heavy atom. The van der Waals surface area contributed by atoms with Gasteiger partial charge in [-0.1, -0.05) is 6.07 Å². The molecule has 0 aliphatic heterocycles. The van der Waals surface area contributed by atoms with E-state index in [2.05, 4.69) is 15.5 Å². The van der Waals surface area contributed by atoms with Crippen molar-refractivity contribution in [2.75, 3.05) is 5.32 Å². The fourth-order valence-corrected chi connectivity index (χ4v) is 2.33. The van der Waals surface area contributed by atoms with Crippen LogP contribution in [0.4, 0.5) is 5.69 Å². The molecule has 0 atom stereocenters. The van der Waals surface area contributed by atoms with Crippen molar-refractivity contribution < 1.29 is 13.6 Å². The van der Waals surface area contributed by atoms with Gasteiger partial charge in [0.25, 0.3) is 5.89 Å². The first-order valence-corrected chi connectivity index (χ1v) is 7.77. The second-order valence-corrected chi connectivity index (χ2v) is 5.74. The van der Waals surface area contributed by atoms with Gasteiger partial charge in [-0.05, 0) is 50.1 Å². The van der Waals surface area contributed by atoms with Crippen LogP contribution >= 0.6 is 0 Å². The molecule has 0 unspecified atom stereocenters. The number of furan rings is 1. The van der Waals surface area contributed by atoms with E-state index >= 15 is 0 Å². The Labute approximate surface area is 139 Å². The van der Waals surface area contributed by atoms with E-state index < -0.39 is 0 Å². The summed E-state index contributed by atoms with van der Waals surface area (Å²) in [6, 6.07) is 7.62. The van der Waals surface area contributed by atoms with Crippen LogP contribution in [0.1, 0.15) is 29.2 Å². The Bertz CT molecular complexity index is 864. The van der Waals surface area contributed by atoms with Crippen LogP contribution in [-0.2, 0) is 11.2 Å². The first kappa shape index (κ1) is 16.0. The van der Waals surface area contributed by atoms with Crippen LogP contribution in [0.25, 0.3) is 11.5 Å². The van der Waals surface area contributed by atoms with Crippen LogP contribution in [-0.4, -0.2) is 16.1 Å². The Hall–Kier alpha value is -2.89. The minimum Gasteiger partial charge on any atom is -0.469 e. The molecule has 0 radical (unpaired) electrons. The van der Waals surface area contributed by atoms with Gasteiger partial charge in [-0.2, -0.15) is 0 Å². The molecule has 1 amide bonds. The number of carbonyl (C=O) groups excluding carboxylic acids is 1. The highest BCUT2D eigenvalue weighted by molar-refractivity contribution is 5.90. The third kappa shape index (κ3) is 3.53. The Morgan fingerprint density at radius 3 is 2.67 bits per heavy atom. The fraction of sp³-hybridized carbons (Fsp3) is 0.278. The van der Waals surface area contributed by atoms with Crippen molar-refractivity contribution in [3.63, 3.8) is 0 Å². The molecule has 6 nitrogen and oxygen atoms in total. The minimum absolute atomic E-state index is 0.0857. The van der Waals surface area contributed by atoms with Gasteiger partial charge in [-0.3, -0.25) is 4.79 Å². The van der Waals surface area contributed by atoms with Crippen molar-refractivity contribution in [3.8, 4) is 11.5 Å². The number of aryl methyl sites for hydroxylation is 4. The Morgan fingerprint density at radius 2 is 1.96 bits per heavy atom. The van der Waals surface area contributed by atoms with Crippen LogP contribution in [0.5, 0.6) is 0 Å². The van der Waals surface area contributed by atoms with Gasteiger partial charge in [-0.15, -0.1) is 10.2 Å². The SMILES string of the molecule is Cc1ccc(NC(=O)CCc2nnc(-c3ccoc3C)o2)cc1C. The summed E-state index contributed by atoms with van der Waals surface area (Å²) in [6.07, 6.45) is 2.24.